The number of benzene rings is 2. The van der Waals surface area contributed by atoms with E-state index in [1.54, 1.807) is 43.3 Å². The molecule has 0 atom stereocenters. The second-order valence-corrected chi connectivity index (χ2v) is 5.41. The van der Waals surface area contributed by atoms with Crippen molar-refractivity contribution in [3.63, 3.8) is 0 Å². The monoisotopic (exact) mass is 340 g/mol. The molecule has 0 fully saturated rings. The lowest BCUT2D eigenvalue weighted by atomic mass is 10.2. The van der Waals surface area contributed by atoms with Crippen LogP contribution in [0, 0.1) is 12.7 Å². The summed E-state index contributed by atoms with van der Waals surface area (Å²) in [4.78, 5) is 16.1. The van der Waals surface area contributed by atoms with E-state index in [0.717, 1.165) is 5.69 Å². The number of carbonyl (C=O) groups excluding carboxylic acids is 1. The number of nitrogens with one attached hydrogen (secondary N) is 1. The minimum Gasteiger partial charge on any atom is -0.441 e. The molecule has 0 radical (unpaired) electrons. The van der Waals surface area contributed by atoms with Gasteiger partial charge in [0.15, 0.2) is 0 Å². The van der Waals surface area contributed by atoms with Gasteiger partial charge in [0.05, 0.1) is 5.69 Å². The number of halogens is 1. The Morgan fingerprint density at radius 1 is 1.16 bits per heavy atom. The second-order valence-electron chi connectivity index (χ2n) is 5.41. The van der Waals surface area contributed by atoms with E-state index < -0.39 is 6.09 Å². The van der Waals surface area contributed by atoms with Crippen LogP contribution in [0.1, 0.15) is 11.5 Å². The normalized spacial score (nSPS) is 10.5. The number of rotatable bonds is 5. The first-order chi connectivity index (χ1) is 12.1. The van der Waals surface area contributed by atoms with E-state index in [1.807, 2.05) is 6.07 Å². The predicted octanol–water partition coefficient (Wildman–Crippen LogP) is 4.12. The summed E-state index contributed by atoms with van der Waals surface area (Å²) >= 11 is 0. The molecule has 3 aromatic rings. The fourth-order valence-corrected chi connectivity index (χ4v) is 2.29. The van der Waals surface area contributed by atoms with Crippen molar-refractivity contribution in [2.24, 2.45) is 0 Å². The SMILES string of the molecule is Cc1oc(-c2ccc(F)cc2)nc1CCNC(=O)Oc1ccccc1. The van der Waals surface area contributed by atoms with Crippen LogP contribution in [-0.2, 0) is 6.42 Å². The van der Waals surface area contributed by atoms with Crippen LogP contribution < -0.4 is 10.1 Å². The topological polar surface area (TPSA) is 64.4 Å². The third-order valence-electron chi connectivity index (χ3n) is 3.57. The van der Waals surface area contributed by atoms with Crippen molar-refractivity contribution in [3.8, 4) is 17.2 Å². The van der Waals surface area contributed by atoms with Crippen LogP contribution in [0.15, 0.2) is 59.0 Å². The Morgan fingerprint density at radius 3 is 2.60 bits per heavy atom. The molecule has 25 heavy (non-hydrogen) atoms. The minimum absolute atomic E-state index is 0.312. The molecule has 1 N–H and O–H groups in total. The van der Waals surface area contributed by atoms with Crippen LogP contribution in [0.3, 0.4) is 0 Å². The van der Waals surface area contributed by atoms with E-state index >= 15 is 0 Å². The van der Waals surface area contributed by atoms with Gasteiger partial charge >= 0.3 is 6.09 Å². The molecule has 0 spiro atoms. The second kappa shape index (κ2) is 7.61. The van der Waals surface area contributed by atoms with Gasteiger partial charge in [-0.2, -0.15) is 0 Å². The highest BCUT2D eigenvalue weighted by Gasteiger charge is 2.12. The minimum atomic E-state index is -0.522. The number of hydrogen-bond acceptors (Lipinski definition) is 4. The number of para-hydroxylation sites is 1. The number of aryl methyl sites for hydroxylation is 1. The van der Waals surface area contributed by atoms with E-state index in [0.29, 0.717) is 35.9 Å². The van der Waals surface area contributed by atoms with Crippen molar-refractivity contribution in [1.29, 1.82) is 0 Å². The van der Waals surface area contributed by atoms with Gasteiger partial charge in [0.2, 0.25) is 5.89 Å². The van der Waals surface area contributed by atoms with Crippen molar-refractivity contribution in [2.45, 2.75) is 13.3 Å². The lowest BCUT2D eigenvalue weighted by Gasteiger charge is -2.05. The maximum Gasteiger partial charge on any atom is 0.412 e. The highest BCUT2D eigenvalue weighted by Crippen LogP contribution is 2.22. The predicted molar refractivity (Wildman–Crippen MR) is 90.8 cm³/mol. The first kappa shape index (κ1) is 16.7. The first-order valence-electron chi connectivity index (χ1n) is 7.85. The standard InChI is InChI=1S/C19H17FN2O3/c1-13-17(22-18(24-13)14-7-9-15(20)10-8-14)11-12-21-19(23)25-16-5-3-2-4-6-16/h2-10H,11-12H2,1H3,(H,21,23). The van der Waals surface area contributed by atoms with Gasteiger partial charge in [-0.05, 0) is 43.3 Å². The van der Waals surface area contributed by atoms with Gasteiger partial charge in [0, 0.05) is 18.5 Å². The molecule has 0 saturated heterocycles. The number of aromatic nitrogens is 1. The van der Waals surface area contributed by atoms with E-state index in [-0.39, 0.29) is 5.82 Å². The molecule has 1 amide bonds. The largest absolute Gasteiger partial charge is 0.441 e. The van der Waals surface area contributed by atoms with Gasteiger partial charge in [-0.25, -0.2) is 14.2 Å². The Kier molecular flexibility index (Phi) is 5.09. The third-order valence-corrected chi connectivity index (χ3v) is 3.57. The van der Waals surface area contributed by atoms with Crippen molar-refractivity contribution in [2.75, 3.05) is 6.54 Å². The Labute approximate surface area is 144 Å². The first-order valence-corrected chi connectivity index (χ1v) is 7.85. The molecule has 0 unspecified atom stereocenters. The number of hydrogen-bond donors (Lipinski definition) is 1. The van der Waals surface area contributed by atoms with E-state index in [2.05, 4.69) is 10.3 Å². The quantitative estimate of drug-likeness (QED) is 0.759. The van der Waals surface area contributed by atoms with Gasteiger partial charge in [-0.15, -0.1) is 0 Å². The van der Waals surface area contributed by atoms with Crippen molar-refractivity contribution in [1.82, 2.24) is 10.3 Å². The van der Waals surface area contributed by atoms with Crippen LogP contribution >= 0.6 is 0 Å². The van der Waals surface area contributed by atoms with Crippen LogP contribution in [0.5, 0.6) is 5.75 Å². The number of amides is 1. The number of oxazole rings is 1. The van der Waals surface area contributed by atoms with Gasteiger partial charge < -0.3 is 14.5 Å². The molecular weight excluding hydrogens is 323 g/mol. The molecule has 0 saturated carbocycles. The summed E-state index contributed by atoms with van der Waals surface area (Å²) < 4.78 is 23.7. The highest BCUT2D eigenvalue weighted by atomic mass is 19.1. The molecule has 128 valence electrons. The Morgan fingerprint density at radius 2 is 1.88 bits per heavy atom. The summed E-state index contributed by atoms with van der Waals surface area (Å²) in [6, 6.07) is 14.8. The Hall–Kier alpha value is -3.15. The molecule has 6 heteroatoms. The molecule has 5 nitrogen and oxygen atoms in total. The maximum atomic E-state index is 13.0. The van der Waals surface area contributed by atoms with E-state index in [4.69, 9.17) is 9.15 Å². The summed E-state index contributed by atoms with van der Waals surface area (Å²) in [6.45, 7) is 2.17. The molecule has 1 heterocycles. The fraction of sp³-hybridized carbons (Fsp3) is 0.158. The fourth-order valence-electron chi connectivity index (χ4n) is 2.29. The molecule has 0 bridgehead atoms. The zero-order chi connectivity index (χ0) is 17.6. The lowest BCUT2D eigenvalue weighted by molar-refractivity contribution is 0.200. The van der Waals surface area contributed by atoms with E-state index in [1.165, 1.54) is 12.1 Å². The van der Waals surface area contributed by atoms with Crippen molar-refractivity contribution in [3.05, 3.63) is 71.9 Å². The molecule has 0 aliphatic rings. The number of carbonyl (C=O) groups is 1. The number of ether oxygens (including phenoxy) is 1. The molecular formula is C19H17FN2O3. The van der Waals surface area contributed by atoms with Crippen molar-refractivity contribution >= 4 is 6.09 Å². The van der Waals surface area contributed by atoms with Crippen LogP contribution in [-0.4, -0.2) is 17.6 Å². The van der Waals surface area contributed by atoms with Gasteiger partial charge in [-0.1, -0.05) is 18.2 Å². The molecule has 0 aliphatic heterocycles. The lowest BCUT2D eigenvalue weighted by Crippen LogP contribution is -2.28. The molecule has 0 aliphatic carbocycles. The van der Waals surface area contributed by atoms with Gasteiger partial charge in [-0.3, -0.25) is 0 Å². The average Bonchev–Trinajstić information content (AvgIpc) is 2.97. The summed E-state index contributed by atoms with van der Waals surface area (Å²) in [6.07, 6.45) is -0.0217. The zero-order valence-electron chi connectivity index (χ0n) is 13.7. The molecule has 3 rings (SSSR count). The van der Waals surface area contributed by atoms with Gasteiger partial charge in [0.1, 0.15) is 17.3 Å². The van der Waals surface area contributed by atoms with Gasteiger partial charge in [0.25, 0.3) is 0 Å². The smallest absolute Gasteiger partial charge is 0.412 e. The van der Waals surface area contributed by atoms with Crippen LogP contribution in [0.2, 0.25) is 0 Å². The highest BCUT2D eigenvalue weighted by molar-refractivity contribution is 5.70. The van der Waals surface area contributed by atoms with Crippen LogP contribution in [0.4, 0.5) is 9.18 Å². The third kappa shape index (κ3) is 4.44. The Balaban J connectivity index is 1.55. The van der Waals surface area contributed by atoms with Crippen LogP contribution in [0.25, 0.3) is 11.5 Å². The molecule has 2 aromatic carbocycles. The Bertz CT molecular complexity index is 845. The van der Waals surface area contributed by atoms with Crippen molar-refractivity contribution < 1.29 is 18.3 Å². The average molecular weight is 340 g/mol. The molecule has 1 aromatic heterocycles. The number of nitrogens with zero attached hydrogens (tertiary/aromatic N) is 1. The summed E-state index contributed by atoms with van der Waals surface area (Å²) in [5.74, 6) is 1.27. The summed E-state index contributed by atoms with van der Waals surface area (Å²) in [7, 11) is 0. The zero-order valence-corrected chi connectivity index (χ0v) is 13.7. The summed E-state index contributed by atoms with van der Waals surface area (Å²) in [5.41, 5.74) is 1.44. The van der Waals surface area contributed by atoms with E-state index in [9.17, 15) is 9.18 Å². The summed E-state index contributed by atoms with van der Waals surface area (Å²) in [5, 5.41) is 2.67. The maximum absolute atomic E-state index is 13.0.